The van der Waals surface area contributed by atoms with Gasteiger partial charge in [0, 0.05) is 6.54 Å². The Hall–Kier alpha value is -2.38. The zero-order chi connectivity index (χ0) is 19.0. The van der Waals surface area contributed by atoms with E-state index in [-0.39, 0.29) is 17.3 Å². The number of sulfonamides is 1. The lowest BCUT2D eigenvalue weighted by Crippen LogP contribution is -2.23. The first-order valence-corrected chi connectivity index (χ1v) is 10.1. The average molecular weight is 376 g/mol. The van der Waals surface area contributed by atoms with Crippen molar-refractivity contribution in [1.82, 2.24) is 5.32 Å². The lowest BCUT2D eigenvalue weighted by Gasteiger charge is -2.12. The highest BCUT2D eigenvalue weighted by atomic mass is 32.2. The number of nitrogens with one attached hydrogen (secondary N) is 1. The minimum atomic E-state index is -3.72. The van der Waals surface area contributed by atoms with Crippen LogP contribution in [-0.4, -0.2) is 20.9 Å². The number of carbonyl (C=O) groups excluding carboxylic acids is 1. The molecule has 0 unspecified atom stereocenters. The molecule has 26 heavy (non-hydrogen) atoms. The molecule has 2 aromatic carbocycles. The van der Waals surface area contributed by atoms with E-state index in [1.165, 1.54) is 12.1 Å². The van der Waals surface area contributed by atoms with Crippen molar-refractivity contribution in [1.29, 1.82) is 0 Å². The molecule has 0 bridgehead atoms. The summed E-state index contributed by atoms with van der Waals surface area (Å²) in [6.45, 7) is 2.97. The molecule has 2 aromatic rings. The maximum atomic E-state index is 12.4. The molecule has 0 radical (unpaired) electrons. The van der Waals surface area contributed by atoms with Crippen LogP contribution in [-0.2, 0) is 16.6 Å². The second-order valence-electron chi connectivity index (χ2n) is 5.92. The van der Waals surface area contributed by atoms with Gasteiger partial charge in [0.1, 0.15) is 5.75 Å². The Morgan fingerprint density at radius 2 is 1.77 bits per heavy atom. The summed E-state index contributed by atoms with van der Waals surface area (Å²) in [5.74, 6) is 0.317. The first-order chi connectivity index (χ1) is 12.4. The number of para-hydroxylation sites is 1. The Bertz CT molecular complexity index is 833. The molecule has 0 saturated heterocycles. The van der Waals surface area contributed by atoms with Gasteiger partial charge in [-0.3, -0.25) is 4.79 Å². The predicted octanol–water partition coefficient (Wildman–Crippen LogP) is 2.83. The smallest absolute Gasteiger partial charge is 0.255 e. The molecule has 6 nitrogen and oxygen atoms in total. The number of nitrogens with two attached hydrogens (primary N) is 1. The van der Waals surface area contributed by atoms with E-state index in [2.05, 4.69) is 12.2 Å². The summed E-state index contributed by atoms with van der Waals surface area (Å²) in [6, 6.07) is 13.2. The number of carbonyl (C=O) groups is 1. The standard InChI is InChI=1S/C19H24N2O4S/c1-2-3-6-13-25-18-8-5-4-7-17(18)19(22)21-14-15-9-11-16(12-10-15)26(20,23)24/h4-5,7-12H,2-3,6,13-14H2,1H3,(H,21,22)(H2,20,23,24). The van der Waals surface area contributed by atoms with E-state index in [0.717, 1.165) is 24.8 Å². The van der Waals surface area contributed by atoms with E-state index in [4.69, 9.17) is 9.88 Å². The molecule has 0 fully saturated rings. The van der Waals surface area contributed by atoms with Crippen LogP contribution in [0.5, 0.6) is 5.75 Å². The summed E-state index contributed by atoms with van der Waals surface area (Å²) in [5, 5.41) is 7.88. The highest BCUT2D eigenvalue weighted by Gasteiger charge is 2.12. The van der Waals surface area contributed by atoms with Gasteiger partial charge in [-0.2, -0.15) is 0 Å². The fraction of sp³-hybridized carbons (Fsp3) is 0.316. The van der Waals surface area contributed by atoms with Crippen molar-refractivity contribution in [2.45, 2.75) is 37.6 Å². The van der Waals surface area contributed by atoms with Gasteiger partial charge in [-0.15, -0.1) is 0 Å². The van der Waals surface area contributed by atoms with Crippen molar-refractivity contribution >= 4 is 15.9 Å². The van der Waals surface area contributed by atoms with Crippen molar-refractivity contribution in [2.75, 3.05) is 6.61 Å². The number of hydrogen-bond donors (Lipinski definition) is 2. The Morgan fingerprint density at radius 1 is 1.08 bits per heavy atom. The Balaban J connectivity index is 1.97. The van der Waals surface area contributed by atoms with Crippen LogP contribution < -0.4 is 15.2 Å². The van der Waals surface area contributed by atoms with Crippen molar-refractivity contribution in [2.24, 2.45) is 5.14 Å². The molecule has 7 heteroatoms. The van der Waals surface area contributed by atoms with Gasteiger partial charge in [0.25, 0.3) is 5.91 Å². The predicted molar refractivity (Wildman–Crippen MR) is 100 cm³/mol. The van der Waals surface area contributed by atoms with Crippen LogP contribution in [0, 0.1) is 0 Å². The van der Waals surface area contributed by atoms with Gasteiger partial charge in [-0.1, -0.05) is 44.0 Å². The zero-order valence-electron chi connectivity index (χ0n) is 14.8. The van der Waals surface area contributed by atoms with E-state index < -0.39 is 10.0 Å². The fourth-order valence-corrected chi connectivity index (χ4v) is 2.90. The number of amides is 1. The molecule has 0 saturated carbocycles. The quantitative estimate of drug-likeness (QED) is 0.658. The summed E-state index contributed by atoms with van der Waals surface area (Å²) in [7, 11) is -3.72. The summed E-state index contributed by atoms with van der Waals surface area (Å²) < 4.78 is 28.2. The SMILES string of the molecule is CCCCCOc1ccccc1C(=O)NCc1ccc(S(N)(=O)=O)cc1. The number of ether oxygens (including phenoxy) is 1. The van der Waals surface area contributed by atoms with Crippen molar-refractivity contribution in [3.8, 4) is 5.75 Å². The zero-order valence-corrected chi connectivity index (χ0v) is 15.6. The second kappa shape index (κ2) is 9.35. The minimum absolute atomic E-state index is 0.0402. The van der Waals surface area contributed by atoms with Gasteiger partial charge < -0.3 is 10.1 Å². The Labute approximate surface area is 154 Å². The number of hydrogen-bond acceptors (Lipinski definition) is 4. The third-order valence-corrected chi connectivity index (χ3v) is 4.77. The molecule has 0 aromatic heterocycles. The molecule has 0 spiro atoms. The van der Waals surface area contributed by atoms with Gasteiger partial charge in [0.15, 0.2) is 0 Å². The number of rotatable bonds is 9. The van der Waals surface area contributed by atoms with Crippen LogP contribution >= 0.6 is 0 Å². The van der Waals surface area contributed by atoms with Crippen LogP contribution in [0.2, 0.25) is 0 Å². The van der Waals surface area contributed by atoms with Gasteiger partial charge in [0.2, 0.25) is 10.0 Å². The second-order valence-corrected chi connectivity index (χ2v) is 7.48. The third kappa shape index (κ3) is 5.86. The molecule has 140 valence electrons. The summed E-state index contributed by atoms with van der Waals surface area (Å²) in [5.41, 5.74) is 1.25. The van der Waals surface area contributed by atoms with Crippen molar-refractivity contribution in [3.05, 3.63) is 59.7 Å². The molecule has 3 N–H and O–H groups in total. The van der Waals surface area contributed by atoms with E-state index in [1.54, 1.807) is 30.3 Å². The molecule has 0 aliphatic carbocycles. The van der Waals surface area contributed by atoms with Crippen LogP contribution in [0.25, 0.3) is 0 Å². The first-order valence-electron chi connectivity index (χ1n) is 8.53. The summed E-state index contributed by atoms with van der Waals surface area (Å²) in [4.78, 5) is 12.5. The van der Waals surface area contributed by atoms with Crippen LogP contribution in [0.4, 0.5) is 0 Å². The van der Waals surface area contributed by atoms with Crippen molar-refractivity contribution < 1.29 is 17.9 Å². The highest BCUT2D eigenvalue weighted by Crippen LogP contribution is 2.18. The van der Waals surface area contributed by atoms with E-state index in [0.29, 0.717) is 17.9 Å². The monoisotopic (exact) mass is 376 g/mol. The largest absolute Gasteiger partial charge is 0.493 e. The maximum Gasteiger partial charge on any atom is 0.255 e. The highest BCUT2D eigenvalue weighted by molar-refractivity contribution is 7.89. The lowest BCUT2D eigenvalue weighted by atomic mass is 10.1. The van der Waals surface area contributed by atoms with Gasteiger partial charge in [-0.25, -0.2) is 13.6 Å². The Kier molecular flexibility index (Phi) is 7.17. The molecule has 0 aliphatic heterocycles. The minimum Gasteiger partial charge on any atom is -0.493 e. The Morgan fingerprint density at radius 3 is 2.42 bits per heavy atom. The molecule has 0 atom stereocenters. The maximum absolute atomic E-state index is 12.4. The van der Waals surface area contributed by atoms with Crippen LogP contribution in [0.15, 0.2) is 53.4 Å². The molecule has 1 amide bonds. The van der Waals surface area contributed by atoms with E-state index >= 15 is 0 Å². The van der Waals surface area contributed by atoms with Gasteiger partial charge >= 0.3 is 0 Å². The average Bonchev–Trinajstić information content (AvgIpc) is 2.63. The first kappa shape index (κ1) is 19.9. The topological polar surface area (TPSA) is 98.5 Å². The molecular formula is C19H24N2O4S. The molecule has 0 heterocycles. The number of primary sulfonamides is 1. The molecule has 2 rings (SSSR count). The van der Waals surface area contributed by atoms with Gasteiger partial charge in [0.05, 0.1) is 17.1 Å². The lowest BCUT2D eigenvalue weighted by molar-refractivity contribution is 0.0946. The molecular weight excluding hydrogens is 352 g/mol. The fourth-order valence-electron chi connectivity index (χ4n) is 2.39. The molecule has 0 aliphatic rings. The van der Waals surface area contributed by atoms with Gasteiger partial charge in [-0.05, 0) is 36.2 Å². The van der Waals surface area contributed by atoms with Crippen LogP contribution in [0.3, 0.4) is 0 Å². The van der Waals surface area contributed by atoms with Crippen molar-refractivity contribution in [3.63, 3.8) is 0 Å². The summed E-state index contributed by atoms with van der Waals surface area (Å²) >= 11 is 0. The number of unbranched alkanes of at least 4 members (excludes halogenated alkanes) is 2. The van der Waals surface area contributed by atoms with Crippen LogP contribution in [0.1, 0.15) is 42.1 Å². The third-order valence-electron chi connectivity index (χ3n) is 3.84. The normalized spacial score (nSPS) is 11.2. The number of benzene rings is 2. The van der Waals surface area contributed by atoms with E-state index in [1.807, 2.05) is 6.07 Å². The summed E-state index contributed by atoms with van der Waals surface area (Å²) in [6.07, 6.45) is 3.14. The van der Waals surface area contributed by atoms with E-state index in [9.17, 15) is 13.2 Å².